The van der Waals surface area contributed by atoms with E-state index in [4.69, 9.17) is 9.26 Å². The minimum atomic E-state index is -0.668. The number of hydrogen-bond donors (Lipinski definition) is 1. The average Bonchev–Trinajstić information content (AvgIpc) is 3.09. The van der Waals surface area contributed by atoms with Gasteiger partial charge in [0, 0.05) is 5.56 Å². The van der Waals surface area contributed by atoms with E-state index in [1.54, 1.807) is 7.11 Å². The molecule has 1 saturated carbocycles. The molecule has 0 unspecified atom stereocenters. The topological polar surface area (TPSA) is 68.4 Å². The van der Waals surface area contributed by atoms with Crippen LogP contribution in [0.15, 0.2) is 28.8 Å². The van der Waals surface area contributed by atoms with Gasteiger partial charge in [-0.1, -0.05) is 30.1 Å². The van der Waals surface area contributed by atoms with Crippen LogP contribution in [-0.4, -0.2) is 28.0 Å². The second-order valence-electron chi connectivity index (χ2n) is 5.35. The molecular weight excluding hydrogens is 256 g/mol. The lowest BCUT2D eigenvalue weighted by molar-refractivity contribution is 0.0402. The Morgan fingerprint density at radius 2 is 2.15 bits per heavy atom. The predicted molar refractivity (Wildman–Crippen MR) is 73.4 cm³/mol. The zero-order chi connectivity index (χ0) is 14.0. The van der Waals surface area contributed by atoms with E-state index in [9.17, 15) is 5.11 Å². The van der Waals surface area contributed by atoms with Gasteiger partial charge in [-0.25, -0.2) is 0 Å². The van der Waals surface area contributed by atoms with Crippen LogP contribution in [0.1, 0.15) is 31.6 Å². The van der Waals surface area contributed by atoms with Crippen molar-refractivity contribution < 1.29 is 14.4 Å². The molecule has 5 nitrogen and oxygen atoms in total. The van der Waals surface area contributed by atoms with Gasteiger partial charge in [0.25, 0.3) is 0 Å². The third kappa shape index (κ3) is 2.67. The molecule has 0 spiro atoms. The fourth-order valence-electron chi connectivity index (χ4n) is 2.70. The number of methoxy groups -OCH3 is 1. The average molecular weight is 274 g/mol. The molecule has 0 atom stereocenters. The molecule has 1 aromatic carbocycles. The van der Waals surface area contributed by atoms with Crippen molar-refractivity contribution in [2.75, 3.05) is 7.11 Å². The number of hydrogen-bond acceptors (Lipinski definition) is 5. The second-order valence-corrected chi connectivity index (χ2v) is 5.35. The van der Waals surface area contributed by atoms with Crippen molar-refractivity contribution in [2.24, 2.45) is 0 Å². The smallest absolute Gasteiger partial charge is 0.229 e. The van der Waals surface area contributed by atoms with Crippen LogP contribution >= 0.6 is 0 Å². The minimum absolute atomic E-state index is 0.434. The van der Waals surface area contributed by atoms with Gasteiger partial charge in [0.2, 0.25) is 11.7 Å². The first-order valence-corrected chi connectivity index (χ1v) is 6.88. The maximum absolute atomic E-state index is 10.4. The maximum atomic E-state index is 10.4. The number of aliphatic hydroxyl groups is 1. The Morgan fingerprint density at radius 1 is 1.35 bits per heavy atom. The van der Waals surface area contributed by atoms with Crippen LogP contribution in [0.2, 0.25) is 0 Å². The molecule has 0 amide bonds. The van der Waals surface area contributed by atoms with Crippen molar-refractivity contribution in [1.82, 2.24) is 10.1 Å². The molecule has 20 heavy (non-hydrogen) atoms. The highest BCUT2D eigenvalue weighted by atomic mass is 16.5. The van der Waals surface area contributed by atoms with Gasteiger partial charge in [0.1, 0.15) is 5.75 Å². The summed E-state index contributed by atoms with van der Waals surface area (Å²) in [4.78, 5) is 4.37. The van der Waals surface area contributed by atoms with Gasteiger partial charge < -0.3 is 14.4 Å². The van der Waals surface area contributed by atoms with Crippen molar-refractivity contribution in [3.8, 4) is 17.1 Å². The Labute approximate surface area is 117 Å². The van der Waals surface area contributed by atoms with Gasteiger partial charge in [0.05, 0.1) is 19.1 Å². The van der Waals surface area contributed by atoms with E-state index in [0.29, 0.717) is 18.1 Å². The Kier molecular flexibility index (Phi) is 3.44. The van der Waals surface area contributed by atoms with E-state index in [0.717, 1.165) is 37.0 Å². The molecular formula is C15H18N2O3. The summed E-state index contributed by atoms with van der Waals surface area (Å²) < 4.78 is 10.4. The van der Waals surface area contributed by atoms with E-state index in [2.05, 4.69) is 10.1 Å². The van der Waals surface area contributed by atoms with Crippen molar-refractivity contribution in [3.63, 3.8) is 0 Å². The molecule has 1 N–H and O–H groups in total. The number of ether oxygens (including phenoxy) is 1. The molecule has 0 saturated heterocycles. The Balaban J connectivity index is 1.79. The third-order valence-corrected chi connectivity index (χ3v) is 3.81. The molecule has 106 valence electrons. The van der Waals surface area contributed by atoms with Crippen LogP contribution in [0, 0.1) is 0 Å². The number of nitrogens with zero attached hydrogens (tertiary/aromatic N) is 2. The normalized spacial score (nSPS) is 17.3. The number of aromatic nitrogens is 2. The third-order valence-electron chi connectivity index (χ3n) is 3.81. The van der Waals surface area contributed by atoms with Gasteiger partial charge in [-0.2, -0.15) is 4.98 Å². The zero-order valence-electron chi connectivity index (χ0n) is 11.5. The summed E-state index contributed by atoms with van der Waals surface area (Å²) in [6.07, 6.45) is 4.18. The first-order chi connectivity index (χ1) is 9.68. The molecule has 1 aliphatic carbocycles. The molecule has 1 heterocycles. The molecule has 2 aromatic rings. The molecule has 0 bridgehead atoms. The first-order valence-electron chi connectivity index (χ1n) is 6.88. The van der Waals surface area contributed by atoms with E-state index in [-0.39, 0.29) is 0 Å². The van der Waals surface area contributed by atoms with Crippen molar-refractivity contribution in [3.05, 3.63) is 30.2 Å². The Bertz CT molecular complexity index is 588. The van der Waals surface area contributed by atoms with Gasteiger partial charge in [0.15, 0.2) is 0 Å². The second kappa shape index (κ2) is 5.25. The largest absolute Gasteiger partial charge is 0.497 e. The van der Waals surface area contributed by atoms with Crippen LogP contribution in [0.3, 0.4) is 0 Å². The summed E-state index contributed by atoms with van der Waals surface area (Å²) in [5.41, 5.74) is 0.177. The van der Waals surface area contributed by atoms with Gasteiger partial charge >= 0.3 is 0 Å². The van der Waals surface area contributed by atoms with E-state index >= 15 is 0 Å². The molecule has 0 radical (unpaired) electrons. The fourth-order valence-corrected chi connectivity index (χ4v) is 2.70. The van der Waals surface area contributed by atoms with Crippen LogP contribution in [0.5, 0.6) is 5.75 Å². The molecule has 1 fully saturated rings. The number of rotatable bonds is 4. The maximum Gasteiger partial charge on any atom is 0.229 e. The van der Waals surface area contributed by atoms with Crippen molar-refractivity contribution >= 4 is 0 Å². The van der Waals surface area contributed by atoms with E-state index < -0.39 is 5.60 Å². The molecule has 3 rings (SSSR count). The minimum Gasteiger partial charge on any atom is -0.497 e. The van der Waals surface area contributed by atoms with E-state index in [1.165, 1.54) is 0 Å². The summed E-state index contributed by atoms with van der Waals surface area (Å²) in [6.45, 7) is 0. The molecule has 1 aromatic heterocycles. The summed E-state index contributed by atoms with van der Waals surface area (Å²) >= 11 is 0. The van der Waals surface area contributed by atoms with Crippen molar-refractivity contribution in [2.45, 2.75) is 37.7 Å². The van der Waals surface area contributed by atoms with E-state index in [1.807, 2.05) is 24.3 Å². The Morgan fingerprint density at radius 3 is 2.90 bits per heavy atom. The van der Waals surface area contributed by atoms with Crippen LogP contribution < -0.4 is 4.74 Å². The Hall–Kier alpha value is -1.88. The highest BCUT2D eigenvalue weighted by Gasteiger charge is 2.33. The molecule has 0 aliphatic heterocycles. The quantitative estimate of drug-likeness (QED) is 0.928. The van der Waals surface area contributed by atoms with Crippen LogP contribution in [-0.2, 0) is 6.42 Å². The summed E-state index contributed by atoms with van der Waals surface area (Å²) in [6, 6.07) is 7.51. The highest BCUT2D eigenvalue weighted by molar-refractivity contribution is 5.56. The van der Waals surface area contributed by atoms with Crippen molar-refractivity contribution in [1.29, 1.82) is 0 Å². The standard InChI is InChI=1S/C15H18N2O3/c1-19-12-6-4-5-11(9-12)14-16-13(20-17-14)10-15(18)7-2-3-8-15/h4-6,9,18H,2-3,7-8,10H2,1H3. The molecule has 5 heteroatoms. The summed E-state index contributed by atoms with van der Waals surface area (Å²) in [7, 11) is 1.62. The predicted octanol–water partition coefficient (Wildman–Crippen LogP) is 2.59. The SMILES string of the molecule is COc1cccc(-c2noc(CC3(O)CCCC3)n2)c1. The molecule has 1 aliphatic rings. The van der Waals surface area contributed by atoms with Gasteiger partial charge in [-0.05, 0) is 25.0 Å². The highest BCUT2D eigenvalue weighted by Crippen LogP contribution is 2.32. The van der Waals surface area contributed by atoms with Crippen LogP contribution in [0.4, 0.5) is 0 Å². The number of benzene rings is 1. The summed E-state index contributed by atoms with van der Waals surface area (Å²) in [5, 5.41) is 14.3. The zero-order valence-corrected chi connectivity index (χ0v) is 11.5. The monoisotopic (exact) mass is 274 g/mol. The lowest BCUT2D eigenvalue weighted by atomic mass is 9.98. The summed E-state index contributed by atoms with van der Waals surface area (Å²) in [5.74, 6) is 1.77. The lowest BCUT2D eigenvalue weighted by Crippen LogP contribution is -2.27. The first kappa shape index (κ1) is 13.1. The van der Waals surface area contributed by atoms with Gasteiger partial charge in [-0.15, -0.1) is 0 Å². The fraction of sp³-hybridized carbons (Fsp3) is 0.467. The lowest BCUT2D eigenvalue weighted by Gasteiger charge is -2.18. The van der Waals surface area contributed by atoms with Crippen LogP contribution in [0.25, 0.3) is 11.4 Å². The van der Waals surface area contributed by atoms with Gasteiger partial charge in [-0.3, -0.25) is 0 Å².